The molecule has 176 valence electrons. The van der Waals surface area contributed by atoms with E-state index in [4.69, 9.17) is 4.74 Å². The lowest BCUT2D eigenvalue weighted by atomic mass is 9.68. The Bertz CT molecular complexity index is 1000. The van der Waals surface area contributed by atoms with Crippen LogP contribution in [0.2, 0.25) is 0 Å². The summed E-state index contributed by atoms with van der Waals surface area (Å²) in [6, 6.07) is 26.6. The molecule has 0 radical (unpaired) electrons. The molecule has 6 nitrogen and oxygen atoms in total. The average molecular weight is 460 g/mol. The van der Waals surface area contributed by atoms with Crippen molar-refractivity contribution in [3.63, 3.8) is 0 Å². The number of amides is 1. The molecule has 0 spiro atoms. The van der Waals surface area contributed by atoms with Gasteiger partial charge in [0.15, 0.2) is 0 Å². The Morgan fingerprint density at radius 2 is 1.24 bits per heavy atom. The van der Waals surface area contributed by atoms with Gasteiger partial charge in [0.2, 0.25) is 5.91 Å². The zero-order valence-electron chi connectivity index (χ0n) is 19.3. The van der Waals surface area contributed by atoms with Crippen LogP contribution in [0.5, 0.6) is 0 Å². The highest BCUT2D eigenvalue weighted by atomic mass is 16.5. The Kier molecular flexibility index (Phi) is 8.19. The number of aliphatic carboxylic acids is 1. The number of benzene rings is 3. The molecular weight excluding hydrogens is 430 g/mol. The van der Waals surface area contributed by atoms with Crippen LogP contribution in [-0.4, -0.2) is 35.6 Å². The second-order valence-electron chi connectivity index (χ2n) is 8.10. The Morgan fingerprint density at radius 1 is 0.824 bits per heavy atom. The molecule has 0 aliphatic heterocycles. The average Bonchev–Trinajstić information content (AvgIpc) is 2.86. The van der Waals surface area contributed by atoms with Gasteiger partial charge in [-0.1, -0.05) is 97.9 Å². The third kappa shape index (κ3) is 5.17. The van der Waals surface area contributed by atoms with Crippen molar-refractivity contribution in [2.24, 2.45) is 5.92 Å². The number of carboxylic acids is 1. The second-order valence-corrected chi connectivity index (χ2v) is 8.10. The molecule has 3 aromatic carbocycles. The fourth-order valence-electron chi connectivity index (χ4n) is 4.18. The van der Waals surface area contributed by atoms with Crippen molar-refractivity contribution in [1.82, 2.24) is 5.32 Å². The highest BCUT2D eigenvalue weighted by molar-refractivity contribution is 5.98. The van der Waals surface area contributed by atoms with E-state index in [-0.39, 0.29) is 13.0 Å². The summed E-state index contributed by atoms with van der Waals surface area (Å²) in [7, 11) is 0. The van der Waals surface area contributed by atoms with Gasteiger partial charge in [-0.3, -0.25) is 9.59 Å². The van der Waals surface area contributed by atoms with Crippen LogP contribution in [0.1, 0.15) is 37.0 Å². The van der Waals surface area contributed by atoms with Crippen molar-refractivity contribution in [1.29, 1.82) is 0 Å². The molecule has 1 amide bonds. The number of esters is 1. The first kappa shape index (κ1) is 24.7. The van der Waals surface area contributed by atoms with Crippen LogP contribution in [0.3, 0.4) is 0 Å². The maximum Gasteiger partial charge on any atom is 0.326 e. The van der Waals surface area contributed by atoms with Gasteiger partial charge >= 0.3 is 11.9 Å². The van der Waals surface area contributed by atoms with E-state index in [0.29, 0.717) is 16.7 Å². The summed E-state index contributed by atoms with van der Waals surface area (Å²) >= 11 is 0. The van der Waals surface area contributed by atoms with Gasteiger partial charge in [0.1, 0.15) is 11.5 Å². The van der Waals surface area contributed by atoms with Gasteiger partial charge in [-0.15, -0.1) is 0 Å². The van der Waals surface area contributed by atoms with Crippen molar-refractivity contribution in [3.05, 3.63) is 108 Å². The topological polar surface area (TPSA) is 92.7 Å². The van der Waals surface area contributed by atoms with Gasteiger partial charge in [-0.25, -0.2) is 4.79 Å². The molecular formula is C28H29NO5. The second kappa shape index (κ2) is 11.3. The molecule has 3 rings (SSSR count). The molecule has 2 atom stereocenters. The lowest BCUT2D eigenvalue weighted by Gasteiger charge is -2.35. The Balaban J connectivity index is 2.12. The normalized spacial score (nSPS) is 12.9. The summed E-state index contributed by atoms with van der Waals surface area (Å²) in [5.41, 5.74) is 0.803. The van der Waals surface area contributed by atoms with Crippen molar-refractivity contribution in [2.45, 2.75) is 31.7 Å². The van der Waals surface area contributed by atoms with Crippen LogP contribution in [0.4, 0.5) is 0 Å². The quantitative estimate of drug-likeness (QED) is 0.351. The third-order valence-electron chi connectivity index (χ3n) is 5.84. The van der Waals surface area contributed by atoms with Gasteiger partial charge in [-0.05, 0) is 30.0 Å². The van der Waals surface area contributed by atoms with E-state index in [0.717, 1.165) is 0 Å². The predicted molar refractivity (Wildman–Crippen MR) is 129 cm³/mol. The van der Waals surface area contributed by atoms with E-state index >= 15 is 0 Å². The number of carboxylic acid groups (broad SMARTS) is 1. The predicted octanol–water partition coefficient (Wildman–Crippen LogP) is 4.18. The van der Waals surface area contributed by atoms with Crippen molar-refractivity contribution in [3.8, 4) is 0 Å². The van der Waals surface area contributed by atoms with Crippen molar-refractivity contribution in [2.75, 3.05) is 6.61 Å². The fourth-order valence-corrected chi connectivity index (χ4v) is 4.18. The summed E-state index contributed by atoms with van der Waals surface area (Å²) < 4.78 is 5.02. The van der Waals surface area contributed by atoms with Crippen molar-refractivity contribution >= 4 is 17.8 Å². The smallest absolute Gasteiger partial charge is 0.326 e. The standard InChI is InChI=1S/C28H29NO5/c1-3-34-26(32)20(2)19-24(25(30)31)29-27(33)28(21-13-7-4-8-14-21,22-15-9-5-10-16-22)23-17-11-6-12-18-23/h4-18,20,24H,3,19H2,1-2H3,(H,29,33)(H,30,31)/t20-,24+/m1/s1. The molecule has 34 heavy (non-hydrogen) atoms. The monoisotopic (exact) mass is 459 g/mol. The lowest BCUT2D eigenvalue weighted by Crippen LogP contribution is -2.52. The summed E-state index contributed by atoms with van der Waals surface area (Å²) in [6.07, 6.45) is -0.0889. The number of nitrogens with one attached hydrogen (secondary N) is 1. The molecule has 2 N–H and O–H groups in total. The van der Waals surface area contributed by atoms with E-state index in [9.17, 15) is 19.5 Å². The molecule has 0 saturated carbocycles. The fraction of sp³-hybridized carbons (Fsp3) is 0.250. The largest absolute Gasteiger partial charge is 0.480 e. The molecule has 0 heterocycles. The molecule has 0 unspecified atom stereocenters. The number of carbonyl (C=O) groups is 3. The third-order valence-corrected chi connectivity index (χ3v) is 5.84. The Labute approximate surface area is 199 Å². The Morgan fingerprint density at radius 3 is 1.59 bits per heavy atom. The first-order valence-corrected chi connectivity index (χ1v) is 11.3. The van der Waals surface area contributed by atoms with Crippen LogP contribution in [-0.2, 0) is 24.5 Å². The SMILES string of the molecule is CCOC(=O)[C@H](C)C[C@H](NC(=O)C(c1ccccc1)(c1ccccc1)c1ccccc1)C(=O)O. The maximum absolute atomic E-state index is 14.2. The van der Waals surface area contributed by atoms with E-state index in [1.807, 2.05) is 91.0 Å². The van der Waals surface area contributed by atoms with Crippen LogP contribution >= 0.6 is 0 Å². The highest BCUT2D eigenvalue weighted by Gasteiger charge is 2.45. The minimum atomic E-state index is -1.30. The summed E-state index contributed by atoms with van der Waals surface area (Å²) in [5.74, 6) is -2.89. The lowest BCUT2D eigenvalue weighted by molar-refractivity contribution is -0.149. The summed E-state index contributed by atoms with van der Waals surface area (Å²) in [5, 5.41) is 12.6. The van der Waals surface area contributed by atoms with E-state index in [1.54, 1.807) is 13.8 Å². The van der Waals surface area contributed by atoms with Gasteiger partial charge in [0.25, 0.3) is 0 Å². The minimum absolute atomic E-state index is 0.0889. The van der Waals surface area contributed by atoms with Gasteiger partial charge < -0.3 is 15.2 Å². The van der Waals surface area contributed by atoms with Crippen LogP contribution in [0.15, 0.2) is 91.0 Å². The zero-order valence-corrected chi connectivity index (χ0v) is 19.3. The van der Waals surface area contributed by atoms with E-state index < -0.39 is 35.2 Å². The van der Waals surface area contributed by atoms with E-state index in [2.05, 4.69) is 5.32 Å². The van der Waals surface area contributed by atoms with Gasteiger partial charge in [0, 0.05) is 0 Å². The molecule has 0 fully saturated rings. The summed E-state index contributed by atoms with van der Waals surface area (Å²) in [6.45, 7) is 3.49. The molecule has 0 saturated heterocycles. The summed E-state index contributed by atoms with van der Waals surface area (Å²) in [4.78, 5) is 38.4. The van der Waals surface area contributed by atoms with Crippen molar-refractivity contribution < 1.29 is 24.2 Å². The Hall–Kier alpha value is -3.93. The number of carbonyl (C=O) groups excluding carboxylic acids is 2. The zero-order chi connectivity index (χ0) is 24.6. The highest BCUT2D eigenvalue weighted by Crippen LogP contribution is 2.39. The number of rotatable bonds is 10. The van der Waals surface area contributed by atoms with Crippen LogP contribution < -0.4 is 5.32 Å². The first-order valence-electron chi connectivity index (χ1n) is 11.3. The van der Waals surface area contributed by atoms with Gasteiger partial charge in [-0.2, -0.15) is 0 Å². The molecule has 0 aliphatic rings. The van der Waals surface area contributed by atoms with E-state index in [1.165, 1.54) is 0 Å². The van der Waals surface area contributed by atoms with Crippen LogP contribution in [0, 0.1) is 5.92 Å². The molecule has 3 aromatic rings. The first-order chi connectivity index (χ1) is 16.4. The number of hydrogen-bond acceptors (Lipinski definition) is 4. The minimum Gasteiger partial charge on any atom is -0.480 e. The molecule has 6 heteroatoms. The molecule has 0 aromatic heterocycles. The number of ether oxygens (including phenoxy) is 1. The molecule has 0 aliphatic carbocycles. The van der Waals surface area contributed by atoms with Gasteiger partial charge in [0.05, 0.1) is 12.5 Å². The number of hydrogen-bond donors (Lipinski definition) is 2. The molecule has 0 bridgehead atoms. The van der Waals surface area contributed by atoms with Crippen LogP contribution in [0.25, 0.3) is 0 Å². The maximum atomic E-state index is 14.2.